The molecule has 1 saturated carbocycles. The Balaban J connectivity index is 1.51. The Morgan fingerprint density at radius 3 is 2.67 bits per heavy atom. The number of benzene rings is 1. The van der Waals surface area contributed by atoms with Gasteiger partial charge in [-0.15, -0.1) is 0 Å². The van der Waals surface area contributed by atoms with Crippen molar-refractivity contribution in [3.05, 3.63) is 34.3 Å². The molecule has 1 fully saturated rings. The third-order valence-corrected chi connectivity index (χ3v) is 5.67. The van der Waals surface area contributed by atoms with Crippen LogP contribution in [0, 0.1) is 5.92 Å². The number of nitrogens with one attached hydrogen (secondary N) is 1. The average molecular weight is 308 g/mol. The number of fused-ring (bicyclic) bond motifs is 1. The molecule has 0 bridgehead atoms. The molecule has 2 N–H and O–H groups in total. The van der Waals surface area contributed by atoms with Crippen LogP contribution >= 0.6 is 11.6 Å². The Hall–Kier alpha value is -0.570. The molecule has 2 nitrogen and oxygen atoms in total. The zero-order valence-electron chi connectivity index (χ0n) is 12.9. The molecular formula is C18H26ClNO. The maximum absolute atomic E-state index is 10.7. The zero-order chi connectivity index (χ0) is 14.9. The number of aliphatic hydroxyl groups is 1. The van der Waals surface area contributed by atoms with E-state index in [9.17, 15) is 5.11 Å². The van der Waals surface area contributed by atoms with Crippen LogP contribution in [-0.2, 0) is 12.8 Å². The van der Waals surface area contributed by atoms with Gasteiger partial charge in [0.25, 0.3) is 0 Å². The predicted molar refractivity (Wildman–Crippen MR) is 87.8 cm³/mol. The van der Waals surface area contributed by atoms with Crippen LogP contribution in [0.5, 0.6) is 0 Å². The van der Waals surface area contributed by atoms with Gasteiger partial charge in [-0.25, -0.2) is 0 Å². The third kappa shape index (κ3) is 3.61. The quantitative estimate of drug-likeness (QED) is 0.888. The van der Waals surface area contributed by atoms with Crippen molar-refractivity contribution in [1.82, 2.24) is 5.32 Å². The molecule has 1 aromatic rings. The summed E-state index contributed by atoms with van der Waals surface area (Å²) in [7, 11) is 0. The van der Waals surface area contributed by atoms with Crippen LogP contribution in [0.3, 0.4) is 0 Å². The fourth-order valence-corrected chi connectivity index (χ4v) is 4.06. The summed E-state index contributed by atoms with van der Waals surface area (Å²) in [6, 6.07) is 6.65. The highest BCUT2D eigenvalue weighted by Gasteiger charge is 2.33. The van der Waals surface area contributed by atoms with Crippen molar-refractivity contribution >= 4 is 11.6 Å². The first-order valence-electron chi connectivity index (χ1n) is 8.31. The number of rotatable bonds is 4. The lowest BCUT2D eigenvalue weighted by Gasteiger charge is -2.36. The molecule has 116 valence electrons. The summed E-state index contributed by atoms with van der Waals surface area (Å²) >= 11 is 6.06. The van der Waals surface area contributed by atoms with Crippen LogP contribution in [0.2, 0.25) is 5.02 Å². The van der Waals surface area contributed by atoms with Crippen LogP contribution in [0.15, 0.2) is 18.2 Å². The van der Waals surface area contributed by atoms with Crippen LogP contribution in [0.25, 0.3) is 0 Å². The summed E-state index contributed by atoms with van der Waals surface area (Å²) in [6.45, 7) is 2.99. The normalized spacial score (nSPS) is 32.1. The molecule has 2 aliphatic carbocycles. The van der Waals surface area contributed by atoms with Crippen molar-refractivity contribution < 1.29 is 5.11 Å². The summed E-state index contributed by atoms with van der Waals surface area (Å²) < 4.78 is 0. The minimum absolute atomic E-state index is 0.450. The van der Waals surface area contributed by atoms with Gasteiger partial charge in [0.1, 0.15) is 0 Å². The van der Waals surface area contributed by atoms with E-state index in [-0.39, 0.29) is 0 Å². The molecule has 0 radical (unpaired) electrons. The van der Waals surface area contributed by atoms with Crippen LogP contribution in [0.1, 0.15) is 50.2 Å². The second kappa shape index (κ2) is 6.28. The van der Waals surface area contributed by atoms with Gasteiger partial charge in [-0.3, -0.25) is 0 Å². The van der Waals surface area contributed by atoms with Crippen molar-refractivity contribution in [2.75, 3.05) is 6.54 Å². The summed E-state index contributed by atoms with van der Waals surface area (Å²) in [5.74, 6) is 0.822. The van der Waals surface area contributed by atoms with E-state index >= 15 is 0 Å². The maximum atomic E-state index is 10.7. The van der Waals surface area contributed by atoms with Gasteiger partial charge >= 0.3 is 0 Å². The summed E-state index contributed by atoms with van der Waals surface area (Å²) in [5.41, 5.74) is 2.28. The molecule has 0 heterocycles. The van der Waals surface area contributed by atoms with Gasteiger partial charge in [0.15, 0.2) is 0 Å². The Labute approximate surface area is 132 Å². The van der Waals surface area contributed by atoms with E-state index in [1.807, 2.05) is 6.07 Å². The Kier molecular flexibility index (Phi) is 4.58. The molecule has 1 aromatic carbocycles. The summed E-state index contributed by atoms with van der Waals surface area (Å²) in [4.78, 5) is 0. The van der Waals surface area contributed by atoms with Crippen molar-refractivity contribution in [1.29, 1.82) is 0 Å². The minimum Gasteiger partial charge on any atom is -0.389 e. The van der Waals surface area contributed by atoms with Gasteiger partial charge in [-0.1, -0.05) is 31.0 Å². The average Bonchev–Trinajstić information content (AvgIpc) is 2.88. The van der Waals surface area contributed by atoms with Crippen molar-refractivity contribution in [3.63, 3.8) is 0 Å². The lowest BCUT2D eigenvalue weighted by molar-refractivity contribution is -0.0104. The third-order valence-electron chi connectivity index (χ3n) is 5.43. The highest BCUT2D eigenvalue weighted by Crippen LogP contribution is 2.33. The van der Waals surface area contributed by atoms with E-state index in [0.717, 1.165) is 43.2 Å². The molecule has 0 saturated heterocycles. The SMILES string of the molecule is CCC1CCC(O)(CNC2Cc3ccc(Cl)cc3C2)CC1. The monoisotopic (exact) mass is 307 g/mol. The van der Waals surface area contributed by atoms with Gasteiger partial charge in [-0.2, -0.15) is 0 Å². The van der Waals surface area contributed by atoms with Crippen molar-refractivity contribution in [2.24, 2.45) is 5.92 Å². The second-order valence-corrected chi connectivity index (χ2v) is 7.41. The van der Waals surface area contributed by atoms with Crippen LogP contribution in [0.4, 0.5) is 0 Å². The molecular weight excluding hydrogens is 282 g/mol. The number of hydrogen-bond donors (Lipinski definition) is 2. The molecule has 0 spiro atoms. The van der Waals surface area contributed by atoms with Gasteiger partial charge in [0, 0.05) is 17.6 Å². The Morgan fingerprint density at radius 1 is 1.24 bits per heavy atom. The van der Waals surface area contributed by atoms with E-state index in [1.165, 1.54) is 30.4 Å². The first-order chi connectivity index (χ1) is 10.1. The number of halogens is 1. The fourth-order valence-electron chi connectivity index (χ4n) is 3.87. The van der Waals surface area contributed by atoms with Gasteiger partial charge in [-0.05, 0) is 67.7 Å². The Bertz CT molecular complexity index is 494. The van der Waals surface area contributed by atoms with Crippen LogP contribution < -0.4 is 5.32 Å². The maximum Gasteiger partial charge on any atom is 0.0771 e. The minimum atomic E-state index is -0.488. The van der Waals surface area contributed by atoms with E-state index < -0.39 is 5.60 Å². The van der Waals surface area contributed by atoms with Gasteiger partial charge in [0.2, 0.25) is 0 Å². The van der Waals surface area contributed by atoms with Gasteiger partial charge in [0.05, 0.1) is 5.60 Å². The Morgan fingerprint density at radius 2 is 1.95 bits per heavy atom. The van der Waals surface area contributed by atoms with E-state index in [4.69, 9.17) is 11.6 Å². The second-order valence-electron chi connectivity index (χ2n) is 6.98. The summed E-state index contributed by atoms with van der Waals surface area (Å²) in [6.07, 6.45) is 7.59. The highest BCUT2D eigenvalue weighted by molar-refractivity contribution is 6.30. The summed E-state index contributed by atoms with van der Waals surface area (Å²) in [5, 5.41) is 15.1. The molecule has 1 atom stereocenters. The lowest BCUT2D eigenvalue weighted by Crippen LogP contribution is -2.46. The van der Waals surface area contributed by atoms with E-state index in [1.54, 1.807) is 0 Å². The van der Waals surface area contributed by atoms with Gasteiger partial charge < -0.3 is 10.4 Å². The largest absolute Gasteiger partial charge is 0.389 e. The molecule has 0 aliphatic heterocycles. The fraction of sp³-hybridized carbons (Fsp3) is 0.667. The van der Waals surface area contributed by atoms with E-state index in [0.29, 0.717) is 6.04 Å². The van der Waals surface area contributed by atoms with Crippen LogP contribution in [-0.4, -0.2) is 23.3 Å². The standard InChI is InChI=1S/C18H26ClNO/c1-2-13-5-7-18(21,8-6-13)12-20-17-10-14-3-4-16(19)9-15(14)11-17/h3-4,9,13,17,20-21H,2,5-8,10-12H2,1H3. The predicted octanol–water partition coefficient (Wildman–Crippen LogP) is 3.73. The van der Waals surface area contributed by atoms with Crippen molar-refractivity contribution in [2.45, 2.75) is 63.5 Å². The first-order valence-corrected chi connectivity index (χ1v) is 8.69. The molecule has 1 unspecified atom stereocenters. The topological polar surface area (TPSA) is 32.3 Å². The lowest BCUT2D eigenvalue weighted by atomic mass is 9.78. The van der Waals surface area contributed by atoms with Crippen molar-refractivity contribution in [3.8, 4) is 0 Å². The molecule has 2 aliphatic rings. The first kappa shape index (κ1) is 15.3. The molecule has 0 amide bonds. The molecule has 0 aromatic heterocycles. The molecule has 21 heavy (non-hydrogen) atoms. The van der Waals surface area contributed by atoms with E-state index in [2.05, 4.69) is 24.4 Å². The molecule has 3 heteroatoms. The highest BCUT2D eigenvalue weighted by atomic mass is 35.5. The number of hydrogen-bond acceptors (Lipinski definition) is 2. The smallest absolute Gasteiger partial charge is 0.0771 e. The zero-order valence-corrected chi connectivity index (χ0v) is 13.6. The molecule has 3 rings (SSSR count).